The molecule has 7 aromatic rings. The minimum Gasteiger partial charge on any atom is -0.456 e. The van der Waals surface area contributed by atoms with Crippen LogP contribution in [0.1, 0.15) is 24.4 Å². The Labute approximate surface area is 306 Å². The van der Waals surface area contributed by atoms with Gasteiger partial charge in [-0.2, -0.15) is 0 Å². The highest BCUT2D eigenvalue weighted by atomic mass is 32.2. The molecule has 4 aliphatic rings. The number of thioether (sulfide) groups is 2. The lowest BCUT2D eigenvalue weighted by atomic mass is 9.98. The van der Waals surface area contributed by atoms with E-state index in [-0.39, 0.29) is 0 Å². The fourth-order valence-electron chi connectivity index (χ4n) is 8.79. The minimum absolute atomic E-state index is 0.363. The van der Waals surface area contributed by atoms with Crippen molar-refractivity contribution >= 4 is 68.2 Å². The molecule has 4 heterocycles. The molecule has 1 fully saturated rings. The molecule has 0 radical (unpaired) electrons. The van der Waals surface area contributed by atoms with Crippen molar-refractivity contribution in [3.63, 3.8) is 0 Å². The summed E-state index contributed by atoms with van der Waals surface area (Å²) in [7, 11) is 0. The van der Waals surface area contributed by atoms with Gasteiger partial charge in [0.2, 0.25) is 0 Å². The first kappa shape index (κ1) is 29.6. The van der Waals surface area contributed by atoms with Crippen LogP contribution in [0.4, 0.5) is 22.7 Å². The zero-order valence-electron chi connectivity index (χ0n) is 27.9. The summed E-state index contributed by atoms with van der Waals surface area (Å²) >= 11 is 4.27. The fraction of sp³-hybridized carbons (Fsp3) is 0.130. The van der Waals surface area contributed by atoms with Gasteiger partial charge in [-0.15, -0.1) is 23.5 Å². The van der Waals surface area contributed by atoms with Gasteiger partial charge >= 0.3 is 0 Å². The van der Waals surface area contributed by atoms with Crippen molar-refractivity contribution in [2.45, 2.75) is 40.3 Å². The van der Waals surface area contributed by atoms with Crippen molar-refractivity contribution in [2.24, 2.45) is 0 Å². The molecule has 246 valence electrons. The highest BCUT2D eigenvalue weighted by molar-refractivity contribution is 8.06. The first-order valence-corrected chi connectivity index (χ1v) is 19.6. The van der Waals surface area contributed by atoms with E-state index in [1.807, 2.05) is 12.1 Å². The van der Waals surface area contributed by atoms with Crippen molar-refractivity contribution in [3.8, 4) is 11.1 Å². The van der Waals surface area contributed by atoms with Gasteiger partial charge in [-0.3, -0.25) is 0 Å². The Kier molecular flexibility index (Phi) is 6.81. The second kappa shape index (κ2) is 11.7. The summed E-state index contributed by atoms with van der Waals surface area (Å²) in [5.41, 5.74) is 11.9. The van der Waals surface area contributed by atoms with Gasteiger partial charge < -0.3 is 14.2 Å². The van der Waals surface area contributed by atoms with E-state index in [1.165, 1.54) is 33.7 Å². The van der Waals surface area contributed by atoms with E-state index in [0.29, 0.717) is 22.6 Å². The molecule has 1 aromatic heterocycles. The van der Waals surface area contributed by atoms with Crippen molar-refractivity contribution in [1.29, 1.82) is 0 Å². The number of anilines is 4. The summed E-state index contributed by atoms with van der Waals surface area (Å²) in [5, 5.41) is 3.35. The lowest BCUT2D eigenvalue weighted by Crippen LogP contribution is -2.35. The molecule has 4 unspecified atom stereocenters. The van der Waals surface area contributed by atoms with Crippen molar-refractivity contribution < 1.29 is 4.42 Å². The van der Waals surface area contributed by atoms with Crippen LogP contribution in [0.5, 0.6) is 0 Å². The molecular formula is C46H34N2OS2. The number of hydrogen-bond donors (Lipinski definition) is 0. The van der Waals surface area contributed by atoms with Crippen LogP contribution in [0.3, 0.4) is 0 Å². The van der Waals surface area contributed by atoms with Crippen LogP contribution in [0, 0.1) is 0 Å². The van der Waals surface area contributed by atoms with Gasteiger partial charge in [-0.1, -0.05) is 91.0 Å². The molecule has 1 saturated heterocycles. The number of hydrogen-bond acceptors (Lipinski definition) is 5. The van der Waals surface area contributed by atoms with Gasteiger partial charge in [-0.05, 0) is 107 Å². The van der Waals surface area contributed by atoms with Crippen molar-refractivity contribution in [2.75, 3.05) is 9.80 Å². The maximum Gasteiger partial charge on any atom is 0.135 e. The van der Waals surface area contributed by atoms with Gasteiger partial charge in [0.05, 0.1) is 12.1 Å². The van der Waals surface area contributed by atoms with E-state index in [2.05, 4.69) is 179 Å². The van der Waals surface area contributed by atoms with Crippen LogP contribution in [0.2, 0.25) is 0 Å². The molecule has 51 heavy (non-hydrogen) atoms. The Bertz CT molecular complexity index is 2520. The molecule has 0 bridgehead atoms. The summed E-state index contributed by atoms with van der Waals surface area (Å²) < 4.78 is 6.23. The van der Waals surface area contributed by atoms with Crippen molar-refractivity contribution in [1.82, 2.24) is 0 Å². The van der Waals surface area contributed by atoms with Gasteiger partial charge in [0.15, 0.2) is 0 Å². The largest absolute Gasteiger partial charge is 0.456 e. The van der Waals surface area contributed by atoms with E-state index < -0.39 is 0 Å². The first-order chi connectivity index (χ1) is 25.3. The monoisotopic (exact) mass is 694 g/mol. The van der Waals surface area contributed by atoms with Gasteiger partial charge in [0.1, 0.15) is 11.2 Å². The number of benzene rings is 6. The van der Waals surface area contributed by atoms with Crippen LogP contribution >= 0.6 is 23.5 Å². The van der Waals surface area contributed by atoms with Gasteiger partial charge in [-0.25, -0.2) is 0 Å². The molecule has 0 N–H and O–H groups in total. The predicted molar refractivity (Wildman–Crippen MR) is 216 cm³/mol. The Morgan fingerprint density at radius 2 is 1.27 bits per heavy atom. The first-order valence-electron chi connectivity index (χ1n) is 17.9. The van der Waals surface area contributed by atoms with Gasteiger partial charge in [0, 0.05) is 48.9 Å². The topological polar surface area (TPSA) is 19.6 Å². The van der Waals surface area contributed by atoms with E-state index in [9.17, 15) is 0 Å². The smallest absolute Gasteiger partial charge is 0.135 e. The highest BCUT2D eigenvalue weighted by Gasteiger charge is 2.57. The van der Waals surface area contributed by atoms with Crippen LogP contribution in [-0.4, -0.2) is 16.5 Å². The Hall–Kier alpha value is -5.10. The normalized spacial score (nSPS) is 21.6. The molecular weight excluding hydrogens is 661 g/mol. The van der Waals surface area contributed by atoms with Crippen LogP contribution < -0.4 is 9.80 Å². The molecule has 1 aliphatic carbocycles. The number of nitrogens with zero attached hydrogens (tertiary/aromatic N) is 2. The Morgan fingerprint density at radius 1 is 0.588 bits per heavy atom. The molecule has 11 rings (SSSR count). The molecule has 0 spiro atoms. The maximum absolute atomic E-state index is 6.23. The fourth-order valence-corrected chi connectivity index (χ4v) is 12.2. The number of para-hydroxylation sites is 1. The lowest BCUT2D eigenvalue weighted by molar-refractivity contribution is 0.669. The van der Waals surface area contributed by atoms with Crippen LogP contribution in [-0.2, 0) is 0 Å². The summed E-state index contributed by atoms with van der Waals surface area (Å²) in [6, 6.07) is 53.7. The van der Waals surface area contributed by atoms with E-state index in [0.717, 1.165) is 45.4 Å². The summed E-state index contributed by atoms with van der Waals surface area (Å²) in [6.07, 6.45) is 7.16. The van der Waals surface area contributed by atoms with Crippen LogP contribution in [0.15, 0.2) is 178 Å². The average Bonchev–Trinajstić information content (AvgIpc) is 3.94. The third kappa shape index (κ3) is 4.68. The Morgan fingerprint density at radius 3 is 2.14 bits per heavy atom. The minimum atomic E-state index is 0.363. The van der Waals surface area contributed by atoms with Crippen LogP contribution in [0.25, 0.3) is 33.1 Å². The predicted octanol–water partition coefficient (Wildman–Crippen LogP) is 12.8. The molecule has 4 atom stereocenters. The Balaban J connectivity index is 1.02. The summed E-state index contributed by atoms with van der Waals surface area (Å²) in [4.78, 5) is 8.20. The summed E-state index contributed by atoms with van der Waals surface area (Å²) in [6.45, 7) is 0. The highest BCUT2D eigenvalue weighted by Crippen LogP contribution is 2.63. The van der Waals surface area contributed by atoms with E-state index in [1.54, 1.807) is 10.5 Å². The quantitative estimate of drug-likeness (QED) is 0.178. The third-order valence-electron chi connectivity index (χ3n) is 11.1. The number of rotatable bonds is 5. The SMILES string of the molecule is C1=CC2=C(CC1)SC1C3Sc4ccccc4C3N(c3ccc(N(c4ccc(-c5ccccc5)cc4)c4ccc5oc6ccccc6c5c4)cc3)C21. The molecule has 6 aromatic carbocycles. The lowest BCUT2D eigenvalue weighted by Gasteiger charge is -2.34. The molecule has 5 heteroatoms. The third-order valence-corrected chi connectivity index (χ3v) is 14.2. The van der Waals surface area contributed by atoms with Crippen molar-refractivity contribution in [3.05, 3.63) is 174 Å². The maximum atomic E-state index is 6.23. The number of fused-ring (bicyclic) bond motifs is 9. The number of furan rings is 1. The zero-order chi connectivity index (χ0) is 33.5. The zero-order valence-corrected chi connectivity index (χ0v) is 29.5. The molecule has 3 aliphatic heterocycles. The average molecular weight is 695 g/mol. The molecule has 3 nitrogen and oxygen atoms in total. The second-order valence-corrected chi connectivity index (χ2v) is 16.4. The molecule has 0 amide bonds. The number of allylic oxidation sites excluding steroid dienone is 2. The van der Waals surface area contributed by atoms with Gasteiger partial charge in [0.25, 0.3) is 0 Å². The second-order valence-electron chi connectivity index (χ2n) is 13.9. The summed E-state index contributed by atoms with van der Waals surface area (Å²) in [5.74, 6) is 0. The molecule has 0 saturated carbocycles. The van der Waals surface area contributed by atoms with E-state index in [4.69, 9.17) is 4.42 Å². The van der Waals surface area contributed by atoms with E-state index >= 15 is 0 Å². The standard InChI is InChI=1S/C46H34N2OS2/c1-2-10-29(11-3-1)30-18-20-31(21-19-30)47(34-26-27-40-38(28-34)35-12-4-7-15-39(35)49-40)32-22-24-33(25-23-32)48-43-36-13-5-8-16-41(36)50-45(43)46-44(48)37-14-6-9-17-42(37)51-46/h1-8,10-16,18-28,43-46H,9,17H2.